The molecule has 0 aliphatic heterocycles. The van der Waals surface area contributed by atoms with E-state index in [1.807, 2.05) is 25.1 Å². The van der Waals surface area contributed by atoms with Gasteiger partial charge < -0.3 is 10.4 Å². The number of nitrogens with one attached hydrogen (secondary N) is 1. The van der Waals surface area contributed by atoms with E-state index in [0.717, 1.165) is 15.6 Å². The van der Waals surface area contributed by atoms with Gasteiger partial charge in [0.15, 0.2) is 0 Å². The molecule has 0 radical (unpaired) electrons. The minimum atomic E-state index is -0.853. The van der Waals surface area contributed by atoms with E-state index < -0.39 is 5.97 Å². The lowest BCUT2D eigenvalue weighted by Crippen LogP contribution is -2.22. The van der Waals surface area contributed by atoms with Crippen LogP contribution in [-0.2, 0) is 9.59 Å². The van der Waals surface area contributed by atoms with Gasteiger partial charge in [0.1, 0.15) is 0 Å². The maximum atomic E-state index is 11.5. The van der Waals surface area contributed by atoms with Crippen molar-refractivity contribution in [1.82, 2.24) is 5.32 Å². The zero-order valence-corrected chi connectivity index (χ0v) is 12.2. The van der Waals surface area contributed by atoms with Crippen LogP contribution in [0.3, 0.4) is 0 Å². The fourth-order valence-corrected chi connectivity index (χ4v) is 2.07. The van der Waals surface area contributed by atoms with E-state index in [4.69, 9.17) is 5.11 Å². The summed E-state index contributed by atoms with van der Waals surface area (Å²) >= 11 is 3.43. The molecule has 0 aliphatic carbocycles. The minimum Gasteiger partial charge on any atom is -0.481 e. The molecule has 1 amide bonds. The quantitative estimate of drug-likeness (QED) is 0.624. The second-order valence-corrected chi connectivity index (χ2v) is 5.00. The zero-order chi connectivity index (χ0) is 14.3. The van der Waals surface area contributed by atoms with Crippen LogP contribution in [0.2, 0.25) is 0 Å². The van der Waals surface area contributed by atoms with E-state index in [1.54, 1.807) is 6.08 Å². The number of aliphatic carboxylic acids is 1. The van der Waals surface area contributed by atoms with Crippen LogP contribution in [-0.4, -0.2) is 23.5 Å². The lowest BCUT2D eigenvalue weighted by Gasteiger charge is -2.01. The van der Waals surface area contributed by atoms with Gasteiger partial charge in [0, 0.05) is 23.5 Å². The number of rotatable bonds is 6. The van der Waals surface area contributed by atoms with Gasteiger partial charge in [-0.1, -0.05) is 28.1 Å². The summed E-state index contributed by atoms with van der Waals surface area (Å²) in [7, 11) is 0. The molecule has 2 N–H and O–H groups in total. The van der Waals surface area contributed by atoms with Crippen molar-refractivity contribution in [1.29, 1.82) is 0 Å². The summed E-state index contributed by atoms with van der Waals surface area (Å²) in [5.74, 6) is -1.08. The number of hydrogen-bond donors (Lipinski definition) is 2. The van der Waals surface area contributed by atoms with Gasteiger partial charge in [-0.2, -0.15) is 0 Å². The molecular weight excluding hydrogens is 310 g/mol. The lowest BCUT2D eigenvalue weighted by molar-refractivity contribution is -0.137. The number of halogens is 1. The van der Waals surface area contributed by atoms with Crippen molar-refractivity contribution in [2.24, 2.45) is 0 Å². The number of aryl methyl sites for hydroxylation is 1. The molecule has 0 aromatic heterocycles. The van der Waals surface area contributed by atoms with E-state index in [0.29, 0.717) is 13.0 Å². The third kappa shape index (κ3) is 6.20. The number of carboxylic acid groups (broad SMARTS) is 1. The average molecular weight is 326 g/mol. The van der Waals surface area contributed by atoms with Crippen molar-refractivity contribution in [2.75, 3.05) is 6.54 Å². The summed E-state index contributed by atoms with van der Waals surface area (Å²) in [5, 5.41) is 11.1. The number of amides is 1. The molecule has 0 spiro atoms. The maximum absolute atomic E-state index is 11.5. The highest BCUT2D eigenvalue weighted by Gasteiger charge is 2.00. The molecule has 1 rings (SSSR count). The monoisotopic (exact) mass is 325 g/mol. The molecular formula is C14H16BrNO3. The van der Waals surface area contributed by atoms with Gasteiger partial charge in [-0.3, -0.25) is 9.59 Å². The Morgan fingerprint density at radius 3 is 2.79 bits per heavy atom. The first kappa shape index (κ1) is 15.4. The standard InChI is InChI=1S/C14H16BrNO3/c1-10-4-5-11(12(15)9-10)6-7-13(17)16-8-2-3-14(18)19/h4-7,9H,2-3,8H2,1H3,(H,16,17)(H,18,19)/b7-6+. The number of carboxylic acids is 1. The van der Waals surface area contributed by atoms with Crippen molar-refractivity contribution >= 4 is 33.9 Å². The Balaban J connectivity index is 2.43. The molecule has 102 valence electrons. The van der Waals surface area contributed by atoms with Crippen LogP contribution in [0.25, 0.3) is 6.08 Å². The highest BCUT2D eigenvalue weighted by molar-refractivity contribution is 9.10. The second kappa shape index (κ2) is 7.74. The molecule has 0 fully saturated rings. The van der Waals surface area contributed by atoms with Gasteiger partial charge in [0.05, 0.1) is 0 Å². The highest BCUT2D eigenvalue weighted by Crippen LogP contribution is 2.19. The van der Waals surface area contributed by atoms with E-state index in [1.165, 1.54) is 6.08 Å². The van der Waals surface area contributed by atoms with E-state index in [9.17, 15) is 9.59 Å². The van der Waals surface area contributed by atoms with Crippen molar-refractivity contribution < 1.29 is 14.7 Å². The third-order valence-electron chi connectivity index (χ3n) is 2.44. The third-order valence-corrected chi connectivity index (χ3v) is 3.12. The Bertz CT molecular complexity index is 497. The Labute approximate surface area is 120 Å². The van der Waals surface area contributed by atoms with Crippen molar-refractivity contribution in [3.63, 3.8) is 0 Å². The van der Waals surface area contributed by atoms with Crippen molar-refractivity contribution in [2.45, 2.75) is 19.8 Å². The van der Waals surface area contributed by atoms with Crippen molar-refractivity contribution in [3.8, 4) is 0 Å². The van der Waals surface area contributed by atoms with Crippen LogP contribution in [0.1, 0.15) is 24.0 Å². The van der Waals surface area contributed by atoms with Crippen LogP contribution >= 0.6 is 15.9 Å². The van der Waals surface area contributed by atoms with Crippen LogP contribution < -0.4 is 5.32 Å². The smallest absolute Gasteiger partial charge is 0.303 e. The van der Waals surface area contributed by atoms with Gasteiger partial charge in [0.2, 0.25) is 5.91 Å². The molecule has 5 heteroatoms. The summed E-state index contributed by atoms with van der Waals surface area (Å²) in [6.45, 7) is 2.36. The summed E-state index contributed by atoms with van der Waals surface area (Å²) < 4.78 is 0.933. The van der Waals surface area contributed by atoms with Gasteiger partial charge in [0.25, 0.3) is 0 Å². The number of benzene rings is 1. The van der Waals surface area contributed by atoms with Crippen LogP contribution in [0.4, 0.5) is 0 Å². The van der Waals surface area contributed by atoms with Crippen LogP contribution in [0.15, 0.2) is 28.7 Å². The highest BCUT2D eigenvalue weighted by atomic mass is 79.9. The van der Waals surface area contributed by atoms with Gasteiger partial charge in [-0.15, -0.1) is 0 Å². The largest absolute Gasteiger partial charge is 0.481 e. The molecule has 1 aromatic rings. The van der Waals surface area contributed by atoms with E-state index >= 15 is 0 Å². The summed E-state index contributed by atoms with van der Waals surface area (Å²) in [6.07, 6.45) is 3.66. The molecule has 0 heterocycles. The average Bonchev–Trinajstić information content (AvgIpc) is 2.33. The Morgan fingerprint density at radius 1 is 1.42 bits per heavy atom. The minimum absolute atomic E-state index is 0.0630. The van der Waals surface area contributed by atoms with Gasteiger partial charge in [-0.25, -0.2) is 0 Å². The van der Waals surface area contributed by atoms with E-state index in [-0.39, 0.29) is 12.3 Å². The Morgan fingerprint density at radius 2 is 2.16 bits per heavy atom. The molecule has 0 aliphatic rings. The normalized spacial score (nSPS) is 10.6. The first-order valence-electron chi connectivity index (χ1n) is 5.93. The summed E-state index contributed by atoms with van der Waals surface area (Å²) in [6, 6.07) is 5.87. The fraction of sp³-hybridized carbons (Fsp3) is 0.286. The van der Waals surface area contributed by atoms with Gasteiger partial charge in [-0.05, 0) is 36.6 Å². The summed E-state index contributed by atoms with van der Waals surface area (Å²) in [4.78, 5) is 21.8. The maximum Gasteiger partial charge on any atom is 0.303 e. The first-order valence-corrected chi connectivity index (χ1v) is 6.72. The van der Waals surface area contributed by atoms with Crippen molar-refractivity contribution in [3.05, 3.63) is 39.9 Å². The van der Waals surface area contributed by atoms with Crippen LogP contribution in [0.5, 0.6) is 0 Å². The first-order chi connectivity index (χ1) is 8.99. The molecule has 4 nitrogen and oxygen atoms in total. The van der Waals surface area contributed by atoms with E-state index in [2.05, 4.69) is 21.2 Å². The predicted molar refractivity (Wildman–Crippen MR) is 77.8 cm³/mol. The van der Waals surface area contributed by atoms with Gasteiger partial charge >= 0.3 is 5.97 Å². The molecule has 0 unspecified atom stereocenters. The molecule has 0 saturated heterocycles. The molecule has 1 aromatic carbocycles. The lowest BCUT2D eigenvalue weighted by atomic mass is 10.1. The summed E-state index contributed by atoms with van der Waals surface area (Å²) in [5.41, 5.74) is 2.06. The second-order valence-electron chi connectivity index (χ2n) is 4.15. The number of carbonyl (C=O) groups is 2. The predicted octanol–water partition coefficient (Wildman–Crippen LogP) is 2.75. The molecule has 0 bridgehead atoms. The Hall–Kier alpha value is -1.62. The topological polar surface area (TPSA) is 66.4 Å². The molecule has 0 atom stereocenters. The Kier molecular flexibility index (Phi) is 6.29. The SMILES string of the molecule is Cc1ccc(/C=C/C(=O)NCCCC(=O)O)c(Br)c1. The molecule has 19 heavy (non-hydrogen) atoms. The molecule has 0 saturated carbocycles. The zero-order valence-electron chi connectivity index (χ0n) is 10.6. The fourth-order valence-electron chi connectivity index (χ4n) is 1.44. The number of hydrogen-bond acceptors (Lipinski definition) is 2. The van der Waals surface area contributed by atoms with Crippen LogP contribution in [0, 0.1) is 6.92 Å². The number of carbonyl (C=O) groups excluding carboxylic acids is 1.